The Labute approximate surface area is 96.0 Å². The average Bonchev–Trinajstić information content (AvgIpc) is 2.13. The molecule has 0 amide bonds. The largest absolute Gasteiger partial charge is 0.574 e. The van der Waals surface area contributed by atoms with Crippen LogP contribution in [0.15, 0.2) is 6.07 Å². The Morgan fingerprint density at radius 1 is 1.44 bits per heavy atom. The highest BCUT2D eigenvalue weighted by molar-refractivity contribution is 5.91. The predicted molar refractivity (Wildman–Crippen MR) is 47.2 cm³/mol. The first-order valence-corrected chi connectivity index (χ1v) is 4.19. The number of aromatic carboxylic acids is 1. The van der Waals surface area contributed by atoms with Gasteiger partial charge < -0.3 is 15.6 Å². The summed E-state index contributed by atoms with van der Waals surface area (Å²) in [7, 11) is 0. The van der Waals surface area contributed by atoms with Crippen LogP contribution in [0.3, 0.4) is 0 Å². The molecule has 1 aromatic heterocycles. The Kier molecular flexibility index (Phi) is 3.58. The number of nitrogens with two attached hydrogens (primary N) is 1. The van der Waals surface area contributed by atoms with Crippen molar-refractivity contribution in [2.45, 2.75) is 12.8 Å². The molecule has 0 bridgehead atoms. The molecule has 18 heavy (non-hydrogen) atoms. The predicted octanol–water partition coefficient (Wildman–Crippen LogP) is 2.20. The van der Waals surface area contributed by atoms with Crippen molar-refractivity contribution in [3.63, 3.8) is 0 Å². The molecule has 1 heterocycles. The van der Waals surface area contributed by atoms with Crippen molar-refractivity contribution in [1.82, 2.24) is 4.98 Å². The lowest BCUT2D eigenvalue weighted by atomic mass is 10.2. The number of halogens is 5. The zero-order valence-corrected chi connectivity index (χ0v) is 8.33. The molecule has 100 valence electrons. The van der Waals surface area contributed by atoms with Crippen molar-refractivity contribution in [1.29, 1.82) is 0 Å². The second-order valence-corrected chi connectivity index (χ2v) is 2.97. The molecule has 10 heteroatoms. The normalized spacial score (nSPS) is 11.7. The molecule has 0 aliphatic carbocycles. The highest BCUT2D eigenvalue weighted by Crippen LogP contribution is 2.31. The fourth-order valence-corrected chi connectivity index (χ4v) is 1.04. The second-order valence-electron chi connectivity index (χ2n) is 2.97. The number of nitrogen functional groups attached to an aromatic ring is 1. The monoisotopic (exact) mass is 272 g/mol. The van der Waals surface area contributed by atoms with E-state index in [-0.39, 0.29) is 6.07 Å². The van der Waals surface area contributed by atoms with Crippen molar-refractivity contribution in [3.8, 4) is 5.88 Å². The smallest absolute Gasteiger partial charge is 0.477 e. The van der Waals surface area contributed by atoms with E-state index in [1.54, 1.807) is 0 Å². The Balaban J connectivity index is 3.34. The van der Waals surface area contributed by atoms with Gasteiger partial charge in [0, 0.05) is 0 Å². The maximum absolute atomic E-state index is 12.4. The van der Waals surface area contributed by atoms with Gasteiger partial charge in [-0.15, -0.1) is 13.2 Å². The fraction of sp³-hybridized carbons (Fsp3) is 0.250. The summed E-state index contributed by atoms with van der Waals surface area (Å²) in [6, 6.07) is 0.288. The Bertz CT molecular complexity index is 475. The molecule has 0 spiro atoms. The molecular weight excluding hydrogens is 267 g/mol. The van der Waals surface area contributed by atoms with Crippen molar-refractivity contribution < 1.29 is 36.6 Å². The van der Waals surface area contributed by atoms with E-state index in [4.69, 9.17) is 10.8 Å². The third-order valence-electron chi connectivity index (χ3n) is 1.73. The van der Waals surface area contributed by atoms with Crippen LogP contribution in [-0.4, -0.2) is 22.4 Å². The van der Waals surface area contributed by atoms with Gasteiger partial charge in [-0.3, -0.25) is 0 Å². The highest BCUT2D eigenvalue weighted by atomic mass is 19.4. The van der Waals surface area contributed by atoms with Gasteiger partial charge in [-0.05, 0) is 6.07 Å². The van der Waals surface area contributed by atoms with E-state index in [0.29, 0.717) is 0 Å². The van der Waals surface area contributed by atoms with E-state index in [2.05, 4.69) is 9.72 Å². The number of aromatic nitrogens is 1. The minimum absolute atomic E-state index is 0.288. The number of alkyl halides is 5. The number of rotatable bonds is 3. The number of carboxylic acid groups (broad SMARTS) is 1. The van der Waals surface area contributed by atoms with Crippen molar-refractivity contribution in [3.05, 3.63) is 17.2 Å². The molecule has 0 aliphatic heterocycles. The summed E-state index contributed by atoms with van der Waals surface area (Å²) < 4.78 is 63.8. The van der Waals surface area contributed by atoms with E-state index in [0.717, 1.165) is 0 Å². The summed E-state index contributed by atoms with van der Waals surface area (Å²) in [4.78, 5) is 13.5. The number of carboxylic acids is 1. The summed E-state index contributed by atoms with van der Waals surface area (Å²) in [6.45, 7) is 0. The van der Waals surface area contributed by atoms with Crippen molar-refractivity contribution in [2.75, 3.05) is 5.73 Å². The van der Waals surface area contributed by atoms with Crippen LogP contribution in [-0.2, 0) is 0 Å². The molecule has 0 unspecified atom stereocenters. The molecule has 0 saturated carbocycles. The summed E-state index contributed by atoms with van der Waals surface area (Å²) in [6.07, 6.45) is -8.38. The second kappa shape index (κ2) is 4.63. The van der Waals surface area contributed by atoms with E-state index >= 15 is 0 Å². The average molecular weight is 272 g/mol. The first kappa shape index (κ1) is 13.9. The molecule has 0 aromatic carbocycles. The highest BCUT2D eigenvalue weighted by Gasteiger charge is 2.35. The molecule has 1 rings (SSSR count). The van der Waals surface area contributed by atoms with Crippen LogP contribution in [0, 0.1) is 0 Å². The fourth-order valence-electron chi connectivity index (χ4n) is 1.04. The SMILES string of the molecule is Nc1nc(OC(F)(F)F)c(C(=O)O)cc1C(F)F. The van der Waals surface area contributed by atoms with Gasteiger partial charge in [0.1, 0.15) is 11.4 Å². The molecule has 0 fully saturated rings. The summed E-state index contributed by atoms with van der Waals surface area (Å²) in [5.41, 5.74) is 2.84. The third-order valence-corrected chi connectivity index (χ3v) is 1.73. The van der Waals surface area contributed by atoms with Gasteiger partial charge in [0.2, 0.25) is 5.88 Å². The first-order chi connectivity index (χ1) is 8.11. The molecule has 0 radical (unpaired) electrons. The minimum atomic E-state index is -5.21. The summed E-state index contributed by atoms with van der Waals surface area (Å²) in [5.74, 6) is -4.23. The summed E-state index contributed by atoms with van der Waals surface area (Å²) >= 11 is 0. The number of carbonyl (C=O) groups is 1. The number of anilines is 1. The van der Waals surface area contributed by atoms with Crippen molar-refractivity contribution in [2.24, 2.45) is 0 Å². The topological polar surface area (TPSA) is 85.4 Å². The summed E-state index contributed by atoms with van der Waals surface area (Å²) in [5, 5.41) is 8.59. The third kappa shape index (κ3) is 3.18. The first-order valence-electron chi connectivity index (χ1n) is 4.19. The van der Waals surface area contributed by atoms with Gasteiger partial charge in [-0.2, -0.15) is 4.98 Å². The van der Waals surface area contributed by atoms with Gasteiger partial charge in [0.25, 0.3) is 6.43 Å². The quantitative estimate of drug-likeness (QED) is 0.824. The Morgan fingerprint density at radius 3 is 2.39 bits per heavy atom. The lowest BCUT2D eigenvalue weighted by Gasteiger charge is -2.12. The number of hydrogen-bond donors (Lipinski definition) is 2. The van der Waals surface area contributed by atoms with Crippen LogP contribution in [0.5, 0.6) is 5.88 Å². The maximum Gasteiger partial charge on any atom is 0.574 e. The van der Waals surface area contributed by atoms with E-state index in [1.807, 2.05) is 0 Å². The van der Waals surface area contributed by atoms with Crippen LogP contribution >= 0.6 is 0 Å². The lowest BCUT2D eigenvalue weighted by molar-refractivity contribution is -0.276. The molecule has 5 nitrogen and oxygen atoms in total. The Morgan fingerprint density at radius 2 is 2.00 bits per heavy atom. The molecule has 1 aromatic rings. The molecule has 3 N–H and O–H groups in total. The standard InChI is InChI=1S/C8H5F5N2O3/c9-4(10)2-1-3(7(16)17)6(15-5(2)14)18-8(11,12)13/h1,4H,(H2,14,15)(H,16,17). The van der Waals surface area contributed by atoms with Crippen LogP contribution < -0.4 is 10.5 Å². The van der Waals surface area contributed by atoms with E-state index < -0.39 is 41.6 Å². The molecule has 0 saturated heterocycles. The van der Waals surface area contributed by atoms with Gasteiger partial charge in [-0.25, -0.2) is 13.6 Å². The van der Waals surface area contributed by atoms with Crippen LogP contribution in [0.4, 0.5) is 27.8 Å². The molecular formula is C8H5F5N2O3. The zero-order chi connectivity index (χ0) is 14.1. The van der Waals surface area contributed by atoms with Crippen LogP contribution in [0.2, 0.25) is 0 Å². The zero-order valence-electron chi connectivity index (χ0n) is 8.33. The van der Waals surface area contributed by atoms with Gasteiger partial charge >= 0.3 is 12.3 Å². The van der Waals surface area contributed by atoms with Gasteiger partial charge in [0.05, 0.1) is 5.56 Å². The van der Waals surface area contributed by atoms with Gasteiger partial charge in [-0.1, -0.05) is 0 Å². The maximum atomic E-state index is 12.4. The minimum Gasteiger partial charge on any atom is -0.477 e. The molecule has 0 aliphatic rings. The Hall–Kier alpha value is -2.13. The van der Waals surface area contributed by atoms with E-state index in [9.17, 15) is 26.7 Å². The number of nitrogens with zero attached hydrogens (tertiary/aromatic N) is 1. The van der Waals surface area contributed by atoms with E-state index in [1.165, 1.54) is 0 Å². The number of ether oxygens (including phenoxy) is 1. The lowest BCUT2D eigenvalue weighted by Crippen LogP contribution is -2.21. The van der Waals surface area contributed by atoms with Crippen molar-refractivity contribution >= 4 is 11.8 Å². The number of hydrogen-bond acceptors (Lipinski definition) is 4. The van der Waals surface area contributed by atoms with Gasteiger partial charge in [0.15, 0.2) is 0 Å². The molecule has 0 atom stereocenters. The van der Waals surface area contributed by atoms with Crippen LogP contribution in [0.1, 0.15) is 22.3 Å². The van der Waals surface area contributed by atoms with Crippen LogP contribution in [0.25, 0.3) is 0 Å². The number of pyridine rings is 1.